The Bertz CT molecular complexity index is 821. The maximum atomic E-state index is 11.4. The molecule has 2 heterocycles. The molecule has 0 aliphatic carbocycles. The van der Waals surface area contributed by atoms with Crippen molar-refractivity contribution in [2.45, 2.75) is 13.1 Å². The highest BCUT2D eigenvalue weighted by atomic mass is 16.1. The van der Waals surface area contributed by atoms with Crippen molar-refractivity contribution in [1.82, 2.24) is 19.6 Å². The Morgan fingerprint density at radius 3 is 2.95 bits per heavy atom. The topological polar surface area (TPSA) is 92.3 Å². The van der Waals surface area contributed by atoms with E-state index in [1.54, 1.807) is 6.07 Å². The SMILES string of the molecule is CN(Cc1cccc(CN)c1)c1cc2n[nH]c(=O)n2cn1. The van der Waals surface area contributed by atoms with E-state index < -0.39 is 0 Å². The molecule has 7 nitrogen and oxygen atoms in total. The highest BCUT2D eigenvalue weighted by Gasteiger charge is 2.07. The molecule has 0 spiro atoms. The number of anilines is 1. The van der Waals surface area contributed by atoms with E-state index in [-0.39, 0.29) is 5.69 Å². The van der Waals surface area contributed by atoms with Gasteiger partial charge in [0.05, 0.1) is 0 Å². The molecule has 2 aromatic heterocycles. The Balaban J connectivity index is 1.85. The Labute approximate surface area is 121 Å². The van der Waals surface area contributed by atoms with Crippen LogP contribution in [0.4, 0.5) is 5.82 Å². The molecule has 3 rings (SSSR count). The van der Waals surface area contributed by atoms with Crippen LogP contribution in [0.25, 0.3) is 5.65 Å². The molecule has 21 heavy (non-hydrogen) atoms. The van der Waals surface area contributed by atoms with E-state index >= 15 is 0 Å². The van der Waals surface area contributed by atoms with E-state index in [0.717, 1.165) is 16.9 Å². The number of rotatable bonds is 4. The number of H-pyrrole nitrogens is 1. The second kappa shape index (κ2) is 5.37. The quantitative estimate of drug-likeness (QED) is 0.728. The van der Waals surface area contributed by atoms with E-state index in [0.29, 0.717) is 18.7 Å². The number of fused-ring (bicyclic) bond motifs is 1. The molecule has 0 aliphatic heterocycles. The van der Waals surface area contributed by atoms with Crippen LogP contribution >= 0.6 is 0 Å². The lowest BCUT2D eigenvalue weighted by Crippen LogP contribution is -2.19. The van der Waals surface area contributed by atoms with Crippen LogP contribution < -0.4 is 16.3 Å². The fraction of sp³-hybridized carbons (Fsp3) is 0.214. The first-order chi connectivity index (χ1) is 10.2. The van der Waals surface area contributed by atoms with Crippen molar-refractivity contribution in [1.29, 1.82) is 0 Å². The molecule has 3 N–H and O–H groups in total. The number of hydrogen-bond acceptors (Lipinski definition) is 5. The molecule has 0 bridgehead atoms. The third kappa shape index (κ3) is 2.63. The molecule has 0 amide bonds. The normalized spacial score (nSPS) is 11.0. The Hall–Kier alpha value is -2.67. The van der Waals surface area contributed by atoms with Crippen LogP contribution in [0, 0.1) is 0 Å². The number of nitrogens with zero attached hydrogens (tertiary/aromatic N) is 4. The van der Waals surface area contributed by atoms with Gasteiger partial charge in [0.2, 0.25) is 0 Å². The molecule has 0 fully saturated rings. The third-order valence-corrected chi connectivity index (χ3v) is 3.33. The fourth-order valence-corrected chi connectivity index (χ4v) is 2.22. The van der Waals surface area contributed by atoms with Crippen LogP contribution in [0.5, 0.6) is 0 Å². The van der Waals surface area contributed by atoms with Gasteiger partial charge in [-0.3, -0.25) is 0 Å². The van der Waals surface area contributed by atoms with E-state index in [9.17, 15) is 4.79 Å². The zero-order valence-electron chi connectivity index (χ0n) is 11.7. The number of aromatic amines is 1. The molecule has 0 atom stereocenters. The van der Waals surface area contributed by atoms with Gasteiger partial charge in [0.15, 0.2) is 5.65 Å². The van der Waals surface area contributed by atoms with Crippen molar-refractivity contribution >= 4 is 11.5 Å². The molecule has 0 radical (unpaired) electrons. The average Bonchev–Trinajstić information content (AvgIpc) is 2.88. The monoisotopic (exact) mass is 284 g/mol. The first-order valence-electron chi connectivity index (χ1n) is 6.59. The maximum absolute atomic E-state index is 11.4. The van der Waals surface area contributed by atoms with Gasteiger partial charge in [0.25, 0.3) is 0 Å². The summed E-state index contributed by atoms with van der Waals surface area (Å²) in [7, 11) is 1.94. The van der Waals surface area contributed by atoms with Crippen molar-refractivity contribution in [3.8, 4) is 0 Å². The van der Waals surface area contributed by atoms with Gasteiger partial charge >= 0.3 is 5.69 Å². The lowest BCUT2D eigenvalue weighted by atomic mass is 10.1. The second-order valence-electron chi connectivity index (χ2n) is 4.88. The zero-order chi connectivity index (χ0) is 14.8. The molecule has 0 saturated heterocycles. The number of hydrogen-bond donors (Lipinski definition) is 2. The Morgan fingerprint density at radius 2 is 2.14 bits per heavy atom. The summed E-state index contributed by atoms with van der Waals surface area (Å²) in [6, 6.07) is 9.89. The van der Waals surface area contributed by atoms with Crippen molar-refractivity contribution in [2.75, 3.05) is 11.9 Å². The standard InChI is InChI=1S/C14H16N6O/c1-19(8-11-4-2-3-10(5-11)7-15)12-6-13-17-18-14(21)20(13)9-16-12/h2-6,9H,7-8,15H2,1H3,(H,18,21). The molecule has 0 saturated carbocycles. The summed E-state index contributed by atoms with van der Waals surface area (Å²) < 4.78 is 1.37. The number of nitrogens with two attached hydrogens (primary N) is 1. The smallest absolute Gasteiger partial charge is 0.348 e. The first-order valence-corrected chi connectivity index (χ1v) is 6.59. The van der Waals surface area contributed by atoms with Crippen LogP contribution in [0.15, 0.2) is 41.5 Å². The predicted molar refractivity (Wildman–Crippen MR) is 80.0 cm³/mol. The average molecular weight is 284 g/mol. The fourth-order valence-electron chi connectivity index (χ4n) is 2.22. The lowest BCUT2D eigenvalue weighted by Gasteiger charge is -2.18. The summed E-state index contributed by atoms with van der Waals surface area (Å²) in [6.07, 6.45) is 1.48. The van der Waals surface area contributed by atoms with Crippen LogP contribution in [0.3, 0.4) is 0 Å². The summed E-state index contributed by atoms with van der Waals surface area (Å²) in [4.78, 5) is 17.7. The van der Waals surface area contributed by atoms with Crippen LogP contribution in [-0.4, -0.2) is 26.6 Å². The predicted octanol–water partition coefficient (Wildman–Crippen LogP) is 0.513. The van der Waals surface area contributed by atoms with Crippen molar-refractivity contribution in [3.63, 3.8) is 0 Å². The largest absolute Gasteiger partial charge is 0.355 e. The van der Waals surface area contributed by atoms with Gasteiger partial charge in [0.1, 0.15) is 12.1 Å². The summed E-state index contributed by atoms with van der Waals surface area (Å²) in [6.45, 7) is 1.23. The number of nitrogens with one attached hydrogen (secondary N) is 1. The summed E-state index contributed by atoms with van der Waals surface area (Å²) in [5.41, 5.74) is 8.17. The molecular formula is C14H16N6O. The van der Waals surface area contributed by atoms with Gasteiger partial charge in [-0.25, -0.2) is 19.3 Å². The molecule has 0 unspecified atom stereocenters. The minimum atomic E-state index is -0.289. The van der Waals surface area contributed by atoms with Gasteiger partial charge in [-0.15, -0.1) is 0 Å². The molecule has 3 aromatic rings. The molecular weight excluding hydrogens is 268 g/mol. The van der Waals surface area contributed by atoms with E-state index in [1.165, 1.54) is 10.7 Å². The van der Waals surface area contributed by atoms with Crippen molar-refractivity contribution < 1.29 is 0 Å². The lowest BCUT2D eigenvalue weighted by molar-refractivity contribution is 0.881. The third-order valence-electron chi connectivity index (χ3n) is 3.33. The Kier molecular flexibility index (Phi) is 3.41. The van der Waals surface area contributed by atoms with Crippen molar-refractivity contribution in [3.05, 3.63) is 58.3 Å². The summed E-state index contributed by atoms with van der Waals surface area (Å²) in [5, 5.41) is 6.33. The highest BCUT2D eigenvalue weighted by molar-refractivity contribution is 5.50. The van der Waals surface area contributed by atoms with Gasteiger partial charge in [0, 0.05) is 26.2 Å². The maximum Gasteiger partial charge on any atom is 0.348 e. The molecule has 1 aromatic carbocycles. The van der Waals surface area contributed by atoms with Crippen molar-refractivity contribution in [2.24, 2.45) is 5.73 Å². The minimum Gasteiger partial charge on any atom is -0.355 e. The molecule has 108 valence electrons. The molecule has 0 aliphatic rings. The van der Waals surface area contributed by atoms with Crippen LogP contribution in [-0.2, 0) is 13.1 Å². The van der Waals surface area contributed by atoms with Gasteiger partial charge in [-0.05, 0) is 11.1 Å². The van der Waals surface area contributed by atoms with Crippen LogP contribution in [0.1, 0.15) is 11.1 Å². The highest BCUT2D eigenvalue weighted by Crippen LogP contribution is 2.14. The van der Waals surface area contributed by atoms with E-state index in [4.69, 9.17) is 5.73 Å². The summed E-state index contributed by atoms with van der Waals surface area (Å²) in [5.74, 6) is 0.750. The number of aromatic nitrogens is 4. The van der Waals surface area contributed by atoms with Gasteiger partial charge < -0.3 is 10.6 Å². The van der Waals surface area contributed by atoms with Gasteiger partial charge in [-0.2, -0.15) is 5.10 Å². The van der Waals surface area contributed by atoms with E-state index in [1.807, 2.05) is 30.1 Å². The number of benzene rings is 1. The Morgan fingerprint density at radius 1 is 1.33 bits per heavy atom. The summed E-state index contributed by atoms with van der Waals surface area (Å²) >= 11 is 0. The van der Waals surface area contributed by atoms with Crippen LogP contribution in [0.2, 0.25) is 0 Å². The minimum absolute atomic E-state index is 0.289. The molecule has 7 heteroatoms. The second-order valence-corrected chi connectivity index (χ2v) is 4.88. The zero-order valence-corrected chi connectivity index (χ0v) is 11.7. The van der Waals surface area contributed by atoms with Gasteiger partial charge in [-0.1, -0.05) is 24.3 Å². The first kappa shape index (κ1) is 13.3. The van der Waals surface area contributed by atoms with E-state index in [2.05, 4.69) is 21.2 Å².